The molecule has 0 fully saturated rings. The van der Waals surface area contributed by atoms with Crippen molar-refractivity contribution in [2.24, 2.45) is 7.05 Å². The van der Waals surface area contributed by atoms with Crippen LogP contribution in [0.25, 0.3) is 11.0 Å². The summed E-state index contributed by atoms with van der Waals surface area (Å²) in [5.41, 5.74) is 0.749. The molecular formula is C7H7N3O2. The second-order valence-electron chi connectivity index (χ2n) is 2.63. The van der Waals surface area contributed by atoms with E-state index in [1.165, 1.54) is 10.6 Å². The van der Waals surface area contributed by atoms with Crippen LogP contribution in [0.5, 0.6) is 0 Å². The van der Waals surface area contributed by atoms with E-state index in [0.29, 0.717) is 11.0 Å². The Morgan fingerprint density at radius 2 is 1.92 bits per heavy atom. The third-order valence-corrected chi connectivity index (χ3v) is 1.72. The zero-order valence-corrected chi connectivity index (χ0v) is 6.42. The minimum absolute atomic E-state index is 0.141. The SMILES string of the molecule is Cn1cc2[nH]c(=O)[nH]c2cc1=O. The highest BCUT2D eigenvalue weighted by Gasteiger charge is 1.98. The second-order valence-corrected chi connectivity index (χ2v) is 2.63. The van der Waals surface area contributed by atoms with Gasteiger partial charge in [0, 0.05) is 19.3 Å². The second kappa shape index (κ2) is 2.10. The van der Waals surface area contributed by atoms with Crippen molar-refractivity contribution in [1.82, 2.24) is 14.5 Å². The molecule has 0 saturated heterocycles. The van der Waals surface area contributed by atoms with E-state index < -0.39 is 0 Å². The van der Waals surface area contributed by atoms with Gasteiger partial charge in [0.05, 0.1) is 11.0 Å². The standard InChI is InChI=1S/C7H7N3O2/c1-10-3-5-4(2-6(10)11)8-7(12)9-5/h2-3H,1H3,(H2,8,9,12). The molecule has 0 unspecified atom stereocenters. The average Bonchev–Trinajstić information content (AvgIpc) is 2.30. The van der Waals surface area contributed by atoms with Crippen molar-refractivity contribution in [3.63, 3.8) is 0 Å². The Balaban J connectivity index is 3.01. The molecule has 0 aliphatic carbocycles. The first-order valence-corrected chi connectivity index (χ1v) is 3.45. The molecule has 2 heterocycles. The molecule has 62 valence electrons. The summed E-state index contributed by atoms with van der Waals surface area (Å²) in [6.07, 6.45) is 1.58. The van der Waals surface area contributed by atoms with Crippen molar-refractivity contribution in [3.8, 4) is 0 Å². The Hall–Kier alpha value is -1.78. The normalized spacial score (nSPS) is 10.8. The molecule has 0 aliphatic rings. The lowest BCUT2D eigenvalue weighted by molar-refractivity contribution is 0.868. The molecule has 0 aromatic carbocycles. The van der Waals surface area contributed by atoms with E-state index in [-0.39, 0.29) is 11.2 Å². The van der Waals surface area contributed by atoms with Gasteiger partial charge in [-0.3, -0.25) is 4.79 Å². The molecule has 0 spiro atoms. The zero-order valence-electron chi connectivity index (χ0n) is 6.42. The lowest BCUT2D eigenvalue weighted by Gasteiger charge is -1.93. The van der Waals surface area contributed by atoms with Gasteiger partial charge in [-0.1, -0.05) is 0 Å². The number of hydrogen-bond acceptors (Lipinski definition) is 2. The molecule has 5 nitrogen and oxygen atoms in total. The molecule has 0 amide bonds. The van der Waals surface area contributed by atoms with Crippen LogP contribution < -0.4 is 11.2 Å². The number of aryl methyl sites for hydroxylation is 1. The predicted octanol–water partition coefficient (Wildman–Crippen LogP) is -0.445. The molecule has 0 atom stereocenters. The highest BCUT2D eigenvalue weighted by molar-refractivity contribution is 5.72. The van der Waals surface area contributed by atoms with E-state index in [9.17, 15) is 9.59 Å². The Bertz CT molecular complexity index is 531. The number of pyridine rings is 1. The predicted molar refractivity (Wildman–Crippen MR) is 44.2 cm³/mol. The minimum atomic E-state index is -0.296. The first-order valence-electron chi connectivity index (χ1n) is 3.45. The summed E-state index contributed by atoms with van der Waals surface area (Å²) in [7, 11) is 1.63. The molecule has 2 aromatic rings. The van der Waals surface area contributed by atoms with Crippen molar-refractivity contribution in [1.29, 1.82) is 0 Å². The van der Waals surface area contributed by atoms with Gasteiger partial charge in [-0.15, -0.1) is 0 Å². The quantitative estimate of drug-likeness (QED) is 0.555. The Morgan fingerprint density at radius 3 is 2.67 bits per heavy atom. The molecule has 2 aromatic heterocycles. The lowest BCUT2D eigenvalue weighted by atomic mass is 10.4. The van der Waals surface area contributed by atoms with Gasteiger partial charge in [0.25, 0.3) is 5.56 Å². The van der Waals surface area contributed by atoms with Gasteiger partial charge >= 0.3 is 5.69 Å². The molecule has 2 rings (SSSR count). The molecule has 0 bridgehead atoms. The first-order chi connectivity index (χ1) is 5.66. The summed E-state index contributed by atoms with van der Waals surface area (Å²) in [5, 5.41) is 0. The van der Waals surface area contributed by atoms with Gasteiger partial charge in [-0.05, 0) is 0 Å². The number of nitrogens with zero attached hydrogens (tertiary/aromatic N) is 1. The van der Waals surface area contributed by atoms with Crippen molar-refractivity contribution in [2.75, 3.05) is 0 Å². The lowest BCUT2D eigenvalue weighted by Crippen LogP contribution is -2.13. The van der Waals surface area contributed by atoms with Crippen LogP contribution in [0.1, 0.15) is 0 Å². The van der Waals surface area contributed by atoms with Crippen molar-refractivity contribution >= 4 is 11.0 Å². The van der Waals surface area contributed by atoms with Gasteiger partial charge in [-0.25, -0.2) is 4.79 Å². The fraction of sp³-hybridized carbons (Fsp3) is 0.143. The molecule has 0 aliphatic heterocycles. The number of aromatic nitrogens is 3. The Labute approximate surface area is 66.7 Å². The highest BCUT2D eigenvalue weighted by atomic mass is 16.1. The number of nitrogens with one attached hydrogen (secondary N) is 2. The van der Waals surface area contributed by atoms with Crippen LogP contribution in [0.3, 0.4) is 0 Å². The van der Waals surface area contributed by atoms with Crippen molar-refractivity contribution in [3.05, 3.63) is 33.1 Å². The maximum absolute atomic E-state index is 11.1. The molecule has 0 radical (unpaired) electrons. The number of rotatable bonds is 0. The summed E-state index contributed by atoms with van der Waals surface area (Å²) >= 11 is 0. The molecule has 2 N–H and O–H groups in total. The average molecular weight is 165 g/mol. The molecular weight excluding hydrogens is 158 g/mol. The van der Waals surface area contributed by atoms with E-state index in [4.69, 9.17) is 0 Å². The van der Waals surface area contributed by atoms with Gasteiger partial charge in [-0.2, -0.15) is 0 Å². The van der Waals surface area contributed by atoms with Gasteiger partial charge < -0.3 is 14.5 Å². The Morgan fingerprint density at radius 1 is 1.25 bits per heavy atom. The summed E-state index contributed by atoms with van der Waals surface area (Å²) in [6, 6.07) is 1.38. The maximum atomic E-state index is 11.1. The maximum Gasteiger partial charge on any atom is 0.323 e. The summed E-state index contributed by atoms with van der Waals surface area (Å²) in [5.74, 6) is 0. The number of imidazole rings is 1. The third-order valence-electron chi connectivity index (χ3n) is 1.72. The van der Waals surface area contributed by atoms with Crippen LogP contribution in [-0.2, 0) is 7.05 Å². The molecule has 5 heteroatoms. The van der Waals surface area contributed by atoms with Crippen molar-refractivity contribution in [2.45, 2.75) is 0 Å². The summed E-state index contributed by atoms with van der Waals surface area (Å²) < 4.78 is 1.41. The summed E-state index contributed by atoms with van der Waals surface area (Å²) in [4.78, 5) is 26.9. The number of aromatic amines is 2. The number of fused-ring (bicyclic) bond motifs is 1. The largest absolute Gasteiger partial charge is 0.323 e. The monoisotopic (exact) mass is 165 g/mol. The first kappa shape index (κ1) is 6.90. The van der Waals surface area contributed by atoms with E-state index in [0.717, 1.165) is 0 Å². The van der Waals surface area contributed by atoms with Gasteiger partial charge in [0.2, 0.25) is 0 Å². The molecule has 0 saturated carbocycles. The zero-order chi connectivity index (χ0) is 8.72. The highest BCUT2D eigenvalue weighted by Crippen LogP contribution is 1.99. The fourth-order valence-electron chi connectivity index (χ4n) is 1.11. The van der Waals surface area contributed by atoms with Crippen LogP contribution in [0.2, 0.25) is 0 Å². The number of hydrogen-bond donors (Lipinski definition) is 2. The van der Waals surface area contributed by atoms with Crippen molar-refractivity contribution < 1.29 is 0 Å². The van der Waals surface area contributed by atoms with Crippen LogP contribution in [0.4, 0.5) is 0 Å². The topological polar surface area (TPSA) is 70.7 Å². The Kier molecular flexibility index (Phi) is 1.21. The molecule has 12 heavy (non-hydrogen) atoms. The van der Waals surface area contributed by atoms with Crippen LogP contribution >= 0.6 is 0 Å². The summed E-state index contributed by atoms with van der Waals surface area (Å²) in [6.45, 7) is 0. The van der Waals surface area contributed by atoms with Crippen LogP contribution in [0, 0.1) is 0 Å². The van der Waals surface area contributed by atoms with E-state index >= 15 is 0 Å². The minimum Gasteiger partial charge on any atom is -0.316 e. The van der Waals surface area contributed by atoms with Crippen LogP contribution in [-0.4, -0.2) is 14.5 Å². The van der Waals surface area contributed by atoms with Crippen LogP contribution in [0.15, 0.2) is 21.9 Å². The third kappa shape index (κ3) is 0.868. The fourth-order valence-corrected chi connectivity index (χ4v) is 1.11. The van der Waals surface area contributed by atoms with Gasteiger partial charge in [0.15, 0.2) is 0 Å². The van der Waals surface area contributed by atoms with E-state index in [1.807, 2.05) is 0 Å². The van der Waals surface area contributed by atoms with E-state index in [2.05, 4.69) is 9.97 Å². The number of H-pyrrole nitrogens is 2. The van der Waals surface area contributed by atoms with E-state index in [1.54, 1.807) is 13.2 Å². The smallest absolute Gasteiger partial charge is 0.316 e. The van der Waals surface area contributed by atoms with Gasteiger partial charge in [0.1, 0.15) is 0 Å².